The summed E-state index contributed by atoms with van der Waals surface area (Å²) in [5.41, 5.74) is 11.5. The average molecular weight is 400 g/mol. The van der Waals surface area contributed by atoms with Gasteiger partial charge in [-0.25, -0.2) is 9.97 Å². The van der Waals surface area contributed by atoms with Crippen LogP contribution < -0.4 is 31.6 Å². The lowest BCUT2D eigenvalue weighted by atomic mass is 10.1. The maximum Gasteiger partial charge on any atom is 0.271 e. The van der Waals surface area contributed by atoms with Crippen LogP contribution in [0.5, 0.6) is 11.5 Å². The molecule has 0 saturated heterocycles. The number of benzene rings is 1. The van der Waals surface area contributed by atoms with E-state index in [0.717, 1.165) is 12.8 Å². The van der Waals surface area contributed by atoms with E-state index in [-0.39, 0.29) is 11.5 Å². The van der Waals surface area contributed by atoms with Crippen LogP contribution in [-0.2, 0) is 4.79 Å². The summed E-state index contributed by atoms with van der Waals surface area (Å²) < 4.78 is 10.5. The van der Waals surface area contributed by atoms with E-state index in [0.29, 0.717) is 35.3 Å². The van der Waals surface area contributed by atoms with Crippen molar-refractivity contribution in [3.63, 3.8) is 0 Å². The van der Waals surface area contributed by atoms with Gasteiger partial charge in [-0.1, -0.05) is 12.8 Å². The fourth-order valence-corrected chi connectivity index (χ4v) is 2.89. The molecule has 10 heteroatoms. The molecule has 0 spiro atoms. The number of carbonyl (C=O) groups excluding carboxylic acids is 2. The van der Waals surface area contributed by atoms with Crippen molar-refractivity contribution in [3.8, 4) is 11.5 Å². The number of rotatable bonds is 10. The Morgan fingerprint density at radius 1 is 1.21 bits per heavy atom. The predicted molar refractivity (Wildman–Crippen MR) is 107 cm³/mol. The molecular formula is C19H24N6O4. The van der Waals surface area contributed by atoms with Crippen LogP contribution >= 0.6 is 0 Å². The number of hydrogen-bond acceptors (Lipinski definition) is 8. The zero-order valence-corrected chi connectivity index (χ0v) is 16.3. The molecular weight excluding hydrogens is 376 g/mol. The molecule has 1 aromatic carbocycles. The summed E-state index contributed by atoms with van der Waals surface area (Å²) in [6.07, 6.45) is 4.16. The number of ether oxygens (including phenoxy) is 2. The third kappa shape index (κ3) is 5.03. The lowest BCUT2D eigenvalue weighted by Crippen LogP contribution is -2.36. The van der Waals surface area contributed by atoms with Gasteiger partial charge in [0.15, 0.2) is 23.0 Å². The second-order valence-corrected chi connectivity index (χ2v) is 6.79. The minimum absolute atomic E-state index is 0.0387. The number of nitrogens with one attached hydrogen (secondary N) is 2. The largest absolute Gasteiger partial charge is 0.493 e. The number of hydrogen-bond donors (Lipinski definition) is 4. The predicted octanol–water partition coefficient (Wildman–Crippen LogP) is 1.40. The van der Waals surface area contributed by atoms with Gasteiger partial charge in [0.2, 0.25) is 5.91 Å². The van der Waals surface area contributed by atoms with Crippen LogP contribution in [-0.4, -0.2) is 42.0 Å². The Hall–Kier alpha value is -3.56. The first-order chi connectivity index (χ1) is 13.9. The molecule has 3 rings (SSSR count). The second-order valence-electron chi connectivity index (χ2n) is 6.79. The van der Waals surface area contributed by atoms with Gasteiger partial charge in [0.05, 0.1) is 20.4 Å². The van der Waals surface area contributed by atoms with E-state index in [1.54, 1.807) is 18.2 Å². The number of amides is 2. The first-order valence-corrected chi connectivity index (χ1v) is 9.13. The molecule has 1 aliphatic carbocycles. The number of methoxy groups -OCH3 is 2. The highest BCUT2D eigenvalue weighted by atomic mass is 16.5. The Bertz CT molecular complexity index is 916. The lowest BCUT2D eigenvalue weighted by Gasteiger charge is -2.17. The monoisotopic (exact) mass is 400 g/mol. The van der Waals surface area contributed by atoms with E-state index >= 15 is 0 Å². The summed E-state index contributed by atoms with van der Waals surface area (Å²) >= 11 is 0. The van der Waals surface area contributed by atoms with Gasteiger partial charge >= 0.3 is 0 Å². The number of nitrogens with two attached hydrogens (primary N) is 2. The van der Waals surface area contributed by atoms with Gasteiger partial charge in [0.25, 0.3) is 5.91 Å². The smallest absolute Gasteiger partial charge is 0.271 e. The fourth-order valence-electron chi connectivity index (χ4n) is 2.89. The molecule has 6 N–H and O–H groups in total. The molecule has 1 aromatic heterocycles. The van der Waals surface area contributed by atoms with E-state index < -0.39 is 17.9 Å². The summed E-state index contributed by atoms with van der Waals surface area (Å²) in [6.45, 7) is 0. The topological polar surface area (TPSA) is 154 Å². The molecule has 29 heavy (non-hydrogen) atoms. The maximum atomic E-state index is 11.8. The van der Waals surface area contributed by atoms with Crippen molar-refractivity contribution in [2.24, 2.45) is 17.4 Å². The van der Waals surface area contributed by atoms with Crippen molar-refractivity contribution in [2.75, 3.05) is 24.9 Å². The molecule has 2 aromatic rings. The number of nitrogens with zero attached hydrogens (tertiary/aromatic N) is 2. The van der Waals surface area contributed by atoms with Crippen molar-refractivity contribution in [3.05, 3.63) is 30.1 Å². The van der Waals surface area contributed by atoms with Crippen LogP contribution in [0.3, 0.4) is 0 Å². The molecule has 1 fully saturated rings. The highest BCUT2D eigenvalue weighted by Gasteiger charge is 2.28. The first-order valence-electron chi connectivity index (χ1n) is 9.13. The SMILES string of the molecule is COc1ccc(Nc2nc(N[C@H](CC3CC3)C(N)=O)cnc2C(N)=O)cc1OC. The fraction of sp³-hybridized carbons (Fsp3) is 0.368. The molecule has 1 atom stereocenters. The van der Waals surface area contributed by atoms with Crippen molar-refractivity contribution < 1.29 is 19.1 Å². The maximum absolute atomic E-state index is 11.8. The summed E-state index contributed by atoms with van der Waals surface area (Å²) in [5.74, 6) is 0.787. The van der Waals surface area contributed by atoms with Crippen molar-refractivity contribution in [1.82, 2.24) is 9.97 Å². The van der Waals surface area contributed by atoms with E-state index in [1.807, 2.05) is 0 Å². The summed E-state index contributed by atoms with van der Waals surface area (Å²) in [6, 6.07) is 4.56. The second kappa shape index (κ2) is 8.63. The van der Waals surface area contributed by atoms with Gasteiger partial charge in [0, 0.05) is 11.8 Å². The average Bonchev–Trinajstić information content (AvgIpc) is 3.51. The quantitative estimate of drug-likeness (QED) is 0.466. The highest BCUT2D eigenvalue weighted by Crippen LogP contribution is 2.34. The Morgan fingerprint density at radius 2 is 1.93 bits per heavy atom. The van der Waals surface area contributed by atoms with E-state index in [9.17, 15) is 9.59 Å². The van der Waals surface area contributed by atoms with E-state index in [4.69, 9.17) is 20.9 Å². The Morgan fingerprint density at radius 3 is 2.52 bits per heavy atom. The summed E-state index contributed by atoms with van der Waals surface area (Å²) in [5, 5.41) is 6.01. The normalized spacial score (nSPS) is 14.0. The summed E-state index contributed by atoms with van der Waals surface area (Å²) in [4.78, 5) is 32.0. The van der Waals surface area contributed by atoms with Gasteiger partial charge in [-0.3, -0.25) is 9.59 Å². The Balaban J connectivity index is 1.87. The van der Waals surface area contributed by atoms with Crippen LogP contribution in [0, 0.1) is 5.92 Å². The van der Waals surface area contributed by atoms with Gasteiger partial charge in [-0.15, -0.1) is 0 Å². The molecule has 0 bridgehead atoms. The van der Waals surface area contributed by atoms with Crippen LogP contribution in [0.4, 0.5) is 17.3 Å². The summed E-state index contributed by atoms with van der Waals surface area (Å²) in [7, 11) is 3.05. The minimum atomic E-state index is -0.739. The zero-order valence-electron chi connectivity index (χ0n) is 16.3. The van der Waals surface area contributed by atoms with Crippen LogP contribution in [0.2, 0.25) is 0 Å². The zero-order chi connectivity index (χ0) is 21.0. The highest BCUT2D eigenvalue weighted by molar-refractivity contribution is 5.96. The van der Waals surface area contributed by atoms with E-state index in [1.165, 1.54) is 20.4 Å². The first kappa shape index (κ1) is 20.2. The third-order valence-corrected chi connectivity index (χ3v) is 4.58. The number of aromatic nitrogens is 2. The Kier molecular flexibility index (Phi) is 6.01. The van der Waals surface area contributed by atoms with Gasteiger partial charge in [0.1, 0.15) is 11.9 Å². The van der Waals surface area contributed by atoms with Crippen LogP contribution in [0.15, 0.2) is 24.4 Å². The lowest BCUT2D eigenvalue weighted by molar-refractivity contribution is -0.118. The standard InChI is InChI=1S/C19H24N6O4/c1-28-13-6-5-11(8-14(13)29-2)23-19-16(18(21)27)22-9-15(25-19)24-12(17(20)26)7-10-3-4-10/h5-6,8-10,12H,3-4,7H2,1-2H3,(H2,20,26)(H2,21,27)(H2,23,24,25)/t12-/m1/s1. The molecule has 2 amide bonds. The molecule has 0 unspecified atom stereocenters. The van der Waals surface area contributed by atoms with Crippen LogP contribution in [0.1, 0.15) is 29.8 Å². The molecule has 1 heterocycles. The third-order valence-electron chi connectivity index (χ3n) is 4.58. The van der Waals surface area contributed by atoms with Gasteiger partial charge in [-0.05, 0) is 24.5 Å². The number of anilines is 3. The molecule has 1 saturated carbocycles. The molecule has 0 radical (unpaired) electrons. The van der Waals surface area contributed by atoms with Gasteiger partial charge < -0.3 is 31.6 Å². The number of primary amides is 2. The molecule has 154 valence electrons. The Labute approximate surface area is 168 Å². The van der Waals surface area contributed by atoms with Crippen molar-refractivity contribution in [2.45, 2.75) is 25.3 Å². The van der Waals surface area contributed by atoms with E-state index in [2.05, 4.69) is 20.6 Å². The van der Waals surface area contributed by atoms with Crippen LogP contribution in [0.25, 0.3) is 0 Å². The molecule has 10 nitrogen and oxygen atoms in total. The molecule has 1 aliphatic rings. The molecule has 0 aliphatic heterocycles. The van der Waals surface area contributed by atoms with Gasteiger partial charge in [-0.2, -0.15) is 0 Å². The minimum Gasteiger partial charge on any atom is -0.493 e. The van der Waals surface area contributed by atoms with Crippen molar-refractivity contribution in [1.29, 1.82) is 0 Å². The number of carbonyl (C=O) groups is 2. The van der Waals surface area contributed by atoms with Crippen molar-refractivity contribution >= 4 is 29.1 Å².